The number of rotatable bonds is 6. The first-order chi connectivity index (χ1) is 15.4. The summed E-state index contributed by atoms with van der Waals surface area (Å²) in [4.78, 5) is 27.8. The van der Waals surface area contributed by atoms with Crippen molar-refractivity contribution in [3.8, 4) is 11.5 Å². The van der Waals surface area contributed by atoms with Crippen LogP contribution in [0, 0.1) is 17.0 Å². The Morgan fingerprint density at radius 3 is 2.44 bits per heavy atom. The van der Waals surface area contributed by atoms with Crippen LogP contribution in [0.2, 0.25) is 0 Å². The van der Waals surface area contributed by atoms with Crippen LogP contribution < -0.4 is 4.74 Å². The minimum atomic E-state index is -0.480. The molecule has 168 valence electrons. The standard InChI is InChI=1S/C23H25N3O6/c1-15-12-19(28)18(14-25-8-6-24(7-9-25)10-11-27)23-21(15)22(29)20(32-23)13-16-2-4-17(5-3-16)26(30)31/h2-5,12-13,27-28H,6-11,14H2,1H3/b20-13-. The van der Waals surface area contributed by atoms with Crippen LogP contribution >= 0.6 is 0 Å². The first kappa shape index (κ1) is 21.9. The van der Waals surface area contributed by atoms with Crippen molar-refractivity contribution in [3.05, 3.63) is 68.5 Å². The van der Waals surface area contributed by atoms with E-state index in [9.17, 15) is 20.0 Å². The maximum Gasteiger partial charge on any atom is 0.269 e. The number of non-ortho nitro benzene ring substituents is 1. The van der Waals surface area contributed by atoms with E-state index >= 15 is 0 Å². The molecule has 0 amide bonds. The number of piperazine rings is 1. The average Bonchev–Trinajstić information content (AvgIpc) is 3.09. The molecule has 0 bridgehead atoms. The van der Waals surface area contributed by atoms with Gasteiger partial charge >= 0.3 is 0 Å². The number of phenolic OH excluding ortho intramolecular Hbond substituents is 1. The predicted octanol–water partition coefficient (Wildman–Crippen LogP) is 2.33. The maximum atomic E-state index is 13.0. The van der Waals surface area contributed by atoms with Gasteiger partial charge in [-0.25, -0.2) is 0 Å². The molecule has 4 rings (SSSR count). The van der Waals surface area contributed by atoms with Crippen LogP contribution in [-0.2, 0) is 6.54 Å². The number of hydrogen-bond donors (Lipinski definition) is 2. The smallest absolute Gasteiger partial charge is 0.269 e. The van der Waals surface area contributed by atoms with Crippen molar-refractivity contribution in [2.75, 3.05) is 39.3 Å². The van der Waals surface area contributed by atoms with Crippen molar-refractivity contribution < 1.29 is 24.7 Å². The number of benzene rings is 2. The van der Waals surface area contributed by atoms with E-state index in [1.54, 1.807) is 31.2 Å². The van der Waals surface area contributed by atoms with Gasteiger partial charge in [-0.05, 0) is 42.3 Å². The molecule has 2 aromatic rings. The lowest BCUT2D eigenvalue weighted by molar-refractivity contribution is -0.384. The summed E-state index contributed by atoms with van der Waals surface area (Å²) in [6, 6.07) is 7.45. The first-order valence-corrected chi connectivity index (χ1v) is 10.5. The van der Waals surface area contributed by atoms with Gasteiger partial charge in [-0.2, -0.15) is 0 Å². The van der Waals surface area contributed by atoms with Gasteiger partial charge in [0.2, 0.25) is 5.78 Å². The normalized spacial score (nSPS) is 18.1. The van der Waals surface area contributed by atoms with Crippen LogP contribution in [-0.4, -0.2) is 70.1 Å². The Hall–Kier alpha value is -3.27. The number of carbonyl (C=O) groups is 1. The van der Waals surface area contributed by atoms with Gasteiger partial charge in [-0.3, -0.25) is 24.7 Å². The van der Waals surface area contributed by atoms with Crippen molar-refractivity contribution >= 4 is 17.5 Å². The van der Waals surface area contributed by atoms with E-state index in [1.165, 1.54) is 12.1 Å². The Balaban J connectivity index is 1.58. The number of phenols is 1. The number of aliphatic hydroxyl groups excluding tert-OH is 1. The van der Waals surface area contributed by atoms with E-state index in [0.29, 0.717) is 41.1 Å². The third-order valence-electron chi connectivity index (χ3n) is 5.89. The second-order valence-corrected chi connectivity index (χ2v) is 8.03. The quantitative estimate of drug-likeness (QED) is 0.400. The second kappa shape index (κ2) is 9.07. The van der Waals surface area contributed by atoms with Crippen molar-refractivity contribution in [1.82, 2.24) is 9.80 Å². The molecule has 0 atom stereocenters. The average molecular weight is 439 g/mol. The molecule has 0 radical (unpaired) electrons. The maximum absolute atomic E-state index is 13.0. The van der Waals surface area contributed by atoms with Crippen LogP contribution in [0.15, 0.2) is 36.1 Å². The van der Waals surface area contributed by atoms with E-state index in [4.69, 9.17) is 9.84 Å². The molecule has 0 aromatic heterocycles. The molecule has 2 N–H and O–H groups in total. The molecule has 32 heavy (non-hydrogen) atoms. The van der Waals surface area contributed by atoms with E-state index < -0.39 is 4.92 Å². The molecule has 9 heteroatoms. The molecule has 2 aliphatic heterocycles. The lowest BCUT2D eigenvalue weighted by atomic mass is 9.99. The molecular formula is C23H25N3O6. The molecule has 1 saturated heterocycles. The fourth-order valence-electron chi connectivity index (χ4n) is 4.11. The van der Waals surface area contributed by atoms with Crippen LogP contribution in [0.3, 0.4) is 0 Å². The number of aromatic hydroxyl groups is 1. The molecule has 2 aromatic carbocycles. The van der Waals surface area contributed by atoms with Crippen LogP contribution in [0.1, 0.15) is 27.0 Å². The van der Waals surface area contributed by atoms with Gasteiger partial charge in [0.1, 0.15) is 11.5 Å². The first-order valence-electron chi connectivity index (χ1n) is 10.5. The second-order valence-electron chi connectivity index (χ2n) is 8.03. The number of Topliss-reactive ketones (excluding diaryl/α,β-unsaturated/α-hetero) is 1. The van der Waals surface area contributed by atoms with E-state index in [-0.39, 0.29) is 29.6 Å². The number of allylic oxidation sites excluding steroid dienone is 1. The van der Waals surface area contributed by atoms with E-state index in [2.05, 4.69) is 9.80 Å². The number of ether oxygens (including phenoxy) is 1. The minimum Gasteiger partial charge on any atom is -0.507 e. The summed E-state index contributed by atoms with van der Waals surface area (Å²) in [5.74, 6) is 0.309. The van der Waals surface area contributed by atoms with Crippen LogP contribution in [0.25, 0.3) is 6.08 Å². The Bertz CT molecular complexity index is 1070. The fraction of sp³-hybridized carbons (Fsp3) is 0.348. The van der Waals surface area contributed by atoms with Gasteiger partial charge in [-0.15, -0.1) is 0 Å². The molecule has 0 aliphatic carbocycles. The predicted molar refractivity (Wildman–Crippen MR) is 118 cm³/mol. The summed E-state index contributed by atoms with van der Waals surface area (Å²) >= 11 is 0. The summed E-state index contributed by atoms with van der Waals surface area (Å²) in [6.07, 6.45) is 1.56. The third-order valence-corrected chi connectivity index (χ3v) is 5.89. The van der Waals surface area contributed by atoms with Crippen molar-refractivity contribution in [2.45, 2.75) is 13.5 Å². The monoisotopic (exact) mass is 439 g/mol. The summed E-state index contributed by atoms with van der Waals surface area (Å²) in [6.45, 7) is 6.18. The highest BCUT2D eigenvalue weighted by molar-refractivity contribution is 6.15. The highest BCUT2D eigenvalue weighted by Gasteiger charge is 2.34. The SMILES string of the molecule is Cc1cc(O)c(CN2CCN(CCO)CC2)c2c1C(=O)/C(=C/c1ccc([N+](=O)[O-])cc1)O2. The van der Waals surface area contributed by atoms with Gasteiger partial charge in [0, 0.05) is 51.4 Å². The van der Waals surface area contributed by atoms with Gasteiger partial charge in [0.25, 0.3) is 5.69 Å². The summed E-state index contributed by atoms with van der Waals surface area (Å²) in [7, 11) is 0. The number of β-amino-alcohol motifs (C(OH)–C–C–N with tert-alkyl or cyclic N) is 1. The number of aryl methyl sites for hydroxylation is 1. The van der Waals surface area contributed by atoms with E-state index in [0.717, 1.165) is 26.2 Å². The number of aliphatic hydroxyl groups is 1. The zero-order valence-corrected chi connectivity index (χ0v) is 17.8. The van der Waals surface area contributed by atoms with Gasteiger partial charge in [-0.1, -0.05) is 0 Å². The van der Waals surface area contributed by atoms with Crippen molar-refractivity contribution in [2.24, 2.45) is 0 Å². The number of nitro benzene ring substituents is 1. The van der Waals surface area contributed by atoms with Gasteiger partial charge in [0.15, 0.2) is 5.76 Å². The number of carbonyl (C=O) groups excluding carboxylic acids is 1. The van der Waals surface area contributed by atoms with Crippen LogP contribution in [0.5, 0.6) is 11.5 Å². The molecule has 2 aliphatic rings. The molecule has 0 spiro atoms. The highest BCUT2D eigenvalue weighted by Crippen LogP contribution is 2.42. The molecule has 0 saturated carbocycles. The summed E-state index contributed by atoms with van der Waals surface area (Å²) < 4.78 is 5.94. The lowest BCUT2D eigenvalue weighted by Crippen LogP contribution is -2.46. The molecule has 1 fully saturated rings. The largest absolute Gasteiger partial charge is 0.507 e. The Labute approximate surface area is 185 Å². The highest BCUT2D eigenvalue weighted by atomic mass is 16.6. The number of hydrogen-bond acceptors (Lipinski definition) is 8. The zero-order valence-electron chi connectivity index (χ0n) is 17.8. The Morgan fingerprint density at radius 2 is 1.81 bits per heavy atom. The molecule has 2 heterocycles. The lowest BCUT2D eigenvalue weighted by Gasteiger charge is -2.34. The van der Waals surface area contributed by atoms with Crippen LogP contribution in [0.4, 0.5) is 5.69 Å². The molecule has 9 nitrogen and oxygen atoms in total. The zero-order chi connectivity index (χ0) is 22.8. The Morgan fingerprint density at radius 1 is 1.16 bits per heavy atom. The number of fused-ring (bicyclic) bond motifs is 1. The van der Waals surface area contributed by atoms with Crippen molar-refractivity contribution in [1.29, 1.82) is 0 Å². The number of ketones is 1. The van der Waals surface area contributed by atoms with Crippen molar-refractivity contribution in [3.63, 3.8) is 0 Å². The van der Waals surface area contributed by atoms with Gasteiger partial charge < -0.3 is 14.9 Å². The van der Waals surface area contributed by atoms with Gasteiger partial charge in [0.05, 0.1) is 22.7 Å². The summed E-state index contributed by atoms with van der Waals surface area (Å²) in [5, 5.41) is 30.6. The third kappa shape index (κ3) is 4.36. The minimum absolute atomic E-state index is 0.0313. The number of nitro groups is 1. The Kier molecular flexibility index (Phi) is 6.22. The number of nitrogens with zero attached hydrogens (tertiary/aromatic N) is 3. The molecule has 0 unspecified atom stereocenters. The van der Waals surface area contributed by atoms with E-state index in [1.807, 2.05) is 0 Å². The fourth-order valence-corrected chi connectivity index (χ4v) is 4.11. The summed E-state index contributed by atoms with van der Waals surface area (Å²) in [5.41, 5.74) is 2.21. The topological polar surface area (TPSA) is 116 Å². The molecular weight excluding hydrogens is 414 g/mol.